The highest BCUT2D eigenvalue weighted by atomic mass is 16.2. The molecule has 0 unspecified atom stereocenters. The van der Waals surface area contributed by atoms with Gasteiger partial charge < -0.3 is 5.32 Å². The summed E-state index contributed by atoms with van der Waals surface area (Å²) in [5.74, 6) is -2.02. The van der Waals surface area contributed by atoms with Gasteiger partial charge in [0.1, 0.15) is 5.92 Å². The van der Waals surface area contributed by atoms with Gasteiger partial charge in [-0.2, -0.15) is 0 Å². The van der Waals surface area contributed by atoms with Crippen LogP contribution in [0.15, 0.2) is 73.3 Å². The predicted molar refractivity (Wildman–Crippen MR) is 88.2 cm³/mol. The van der Waals surface area contributed by atoms with Crippen LogP contribution in [0.3, 0.4) is 0 Å². The molecule has 4 nitrogen and oxygen atoms in total. The lowest BCUT2D eigenvalue weighted by atomic mass is 9.90. The smallest absolute Gasteiger partial charge is 0.243 e. The zero-order chi connectivity index (χ0) is 16.7. The second-order valence-electron chi connectivity index (χ2n) is 4.96. The molecule has 0 bridgehead atoms. The lowest BCUT2D eigenvalue weighted by Crippen LogP contribution is -2.37. The molecule has 23 heavy (non-hydrogen) atoms. The first-order valence-electron chi connectivity index (χ1n) is 7.22. The number of hydrogen-bond donors (Lipinski definition) is 1. The Kier molecular flexibility index (Phi) is 5.58. The molecule has 0 aliphatic carbocycles. The first kappa shape index (κ1) is 16.4. The third-order valence-electron chi connectivity index (χ3n) is 3.42. The molecule has 0 saturated carbocycles. The van der Waals surface area contributed by atoms with Crippen molar-refractivity contribution in [2.75, 3.05) is 6.54 Å². The number of nitrogens with one attached hydrogen (secondary N) is 1. The van der Waals surface area contributed by atoms with Crippen LogP contribution in [-0.4, -0.2) is 24.0 Å². The lowest BCUT2D eigenvalue weighted by Gasteiger charge is -2.15. The highest BCUT2D eigenvalue weighted by Gasteiger charge is 2.28. The molecule has 116 valence electrons. The first-order chi connectivity index (χ1) is 11.1. The maximum Gasteiger partial charge on any atom is 0.243 e. The number of benzene rings is 2. The average molecular weight is 307 g/mol. The minimum Gasteiger partial charge on any atom is -0.351 e. The largest absolute Gasteiger partial charge is 0.351 e. The SMILES string of the molecule is C=CC(=O)NCC(C(=O)c1ccccc1)C(=O)c1ccccc1. The molecule has 0 fully saturated rings. The molecule has 0 radical (unpaired) electrons. The Bertz CT molecular complexity index is 656. The second kappa shape index (κ2) is 7.84. The fourth-order valence-electron chi connectivity index (χ4n) is 2.19. The molecule has 0 aromatic heterocycles. The monoisotopic (exact) mass is 307 g/mol. The zero-order valence-electron chi connectivity index (χ0n) is 12.6. The van der Waals surface area contributed by atoms with E-state index in [2.05, 4.69) is 11.9 Å². The van der Waals surface area contributed by atoms with Crippen LogP contribution in [0.1, 0.15) is 20.7 Å². The summed E-state index contributed by atoms with van der Waals surface area (Å²) < 4.78 is 0. The van der Waals surface area contributed by atoms with E-state index < -0.39 is 11.8 Å². The van der Waals surface area contributed by atoms with E-state index in [9.17, 15) is 14.4 Å². The van der Waals surface area contributed by atoms with Crippen LogP contribution in [-0.2, 0) is 4.79 Å². The summed E-state index contributed by atoms with van der Waals surface area (Å²) in [5.41, 5.74) is 0.879. The third kappa shape index (κ3) is 4.23. The molecule has 4 heteroatoms. The summed E-state index contributed by atoms with van der Waals surface area (Å²) in [4.78, 5) is 36.7. The Morgan fingerprint density at radius 3 is 1.70 bits per heavy atom. The Morgan fingerprint density at radius 1 is 0.870 bits per heavy atom. The summed E-state index contributed by atoms with van der Waals surface area (Å²) in [6.07, 6.45) is 1.11. The van der Waals surface area contributed by atoms with Gasteiger partial charge in [-0.15, -0.1) is 0 Å². The molecule has 0 saturated heterocycles. The van der Waals surface area contributed by atoms with Gasteiger partial charge in [0.15, 0.2) is 11.6 Å². The number of carbonyl (C=O) groups excluding carboxylic acids is 3. The average Bonchev–Trinajstić information content (AvgIpc) is 2.62. The number of ketones is 2. The molecule has 0 aliphatic rings. The van der Waals surface area contributed by atoms with Crippen LogP contribution in [0.25, 0.3) is 0 Å². The molecule has 0 atom stereocenters. The van der Waals surface area contributed by atoms with Gasteiger partial charge in [0, 0.05) is 17.7 Å². The molecular weight excluding hydrogens is 290 g/mol. The van der Waals surface area contributed by atoms with E-state index in [0.29, 0.717) is 11.1 Å². The number of rotatable bonds is 7. The minimum absolute atomic E-state index is 0.0632. The van der Waals surface area contributed by atoms with Crippen LogP contribution in [0.5, 0.6) is 0 Å². The van der Waals surface area contributed by atoms with Crippen LogP contribution >= 0.6 is 0 Å². The van der Waals surface area contributed by atoms with Gasteiger partial charge in [0.25, 0.3) is 0 Å². The van der Waals surface area contributed by atoms with Crippen molar-refractivity contribution < 1.29 is 14.4 Å². The van der Waals surface area contributed by atoms with Crippen molar-refractivity contribution in [3.8, 4) is 0 Å². The standard InChI is InChI=1S/C19H17NO3/c1-2-17(21)20-13-16(18(22)14-9-5-3-6-10-14)19(23)15-11-7-4-8-12-15/h2-12,16H,1,13H2,(H,20,21). The molecule has 1 amide bonds. The van der Waals surface area contributed by atoms with Crippen molar-refractivity contribution in [2.24, 2.45) is 5.92 Å². The predicted octanol–water partition coefficient (Wildman–Crippen LogP) is 2.67. The van der Waals surface area contributed by atoms with Crippen molar-refractivity contribution in [3.05, 3.63) is 84.4 Å². The summed E-state index contributed by atoms with van der Waals surface area (Å²) in [7, 11) is 0. The van der Waals surface area contributed by atoms with Crippen molar-refractivity contribution in [2.45, 2.75) is 0 Å². The normalized spacial score (nSPS) is 10.1. The van der Waals surface area contributed by atoms with Crippen molar-refractivity contribution in [3.63, 3.8) is 0 Å². The third-order valence-corrected chi connectivity index (χ3v) is 3.42. The topological polar surface area (TPSA) is 63.2 Å². The Labute approximate surface area is 134 Å². The van der Waals surface area contributed by atoms with Crippen LogP contribution in [0.4, 0.5) is 0 Å². The van der Waals surface area contributed by atoms with E-state index in [1.807, 2.05) is 0 Å². The van der Waals surface area contributed by atoms with Crippen LogP contribution in [0, 0.1) is 5.92 Å². The summed E-state index contributed by atoms with van der Waals surface area (Å²) in [6.45, 7) is 3.30. The molecule has 0 spiro atoms. The maximum absolute atomic E-state index is 12.7. The van der Waals surface area contributed by atoms with Gasteiger partial charge in [-0.1, -0.05) is 67.2 Å². The zero-order valence-corrected chi connectivity index (χ0v) is 12.6. The van der Waals surface area contributed by atoms with E-state index in [1.54, 1.807) is 60.7 Å². The number of carbonyl (C=O) groups is 3. The van der Waals surface area contributed by atoms with Crippen molar-refractivity contribution >= 4 is 17.5 Å². The molecule has 2 aromatic rings. The molecule has 1 N–H and O–H groups in total. The summed E-state index contributed by atoms with van der Waals surface area (Å²) in [5, 5.41) is 2.54. The van der Waals surface area contributed by atoms with Gasteiger partial charge in [-0.05, 0) is 6.08 Å². The van der Waals surface area contributed by atoms with Crippen LogP contribution in [0.2, 0.25) is 0 Å². The maximum atomic E-state index is 12.7. The number of hydrogen-bond acceptors (Lipinski definition) is 3. The fraction of sp³-hybridized carbons (Fsp3) is 0.105. The highest BCUT2D eigenvalue weighted by Crippen LogP contribution is 2.15. The number of amides is 1. The highest BCUT2D eigenvalue weighted by molar-refractivity contribution is 6.16. The molecule has 0 aliphatic heterocycles. The number of Topliss-reactive ketones (excluding diaryl/α,β-unsaturated/α-hetero) is 2. The van der Waals surface area contributed by atoms with Crippen molar-refractivity contribution in [1.29, 1.82) is 0 Å². The summed E-state index contributed by atoms with van der Waals surface area (Å²) >= 11 is 0. The van der Waals surface area contributed by atoms with Crippen LogP contribution < -0.4 is 5.32 Å². The van der Waals surface area contributed by atoms with Gasteiger partial charge >= 0.3 is 0 Å². The molecule has 2 aromatic carbocycles. The molecular formula is C19H17NO3. The quantitative estimate of drug-likeness (QED) is 0.486. The molecule has 0 heterocycles. The fourth-order valence-corrected chi connectivity index (χ4v) is 2.19. The first-order valence-corrected chi connectivity index (χ1v) is 7.22. The van der Waals surface area contributed by atoms with E-state index >= 15 is 0 Å². The van der Waals surface area contributed by atoms with Gasteiger partial charge in [0.05, 0.1) is 0 Å². The Morgan fingerprint density at radius 2 is 1.30 bits per heavy atom. The Balaban J connectivity index is 2.28. The van der Waals surface area contributed by atoms with E-state index in [4.69, 9.17) is 0 Å². The van der Waals surface area contributed by atoms with E-state index in [0.717, 1.165) is 6.08 Å². The van der Waals surface area contributed by atoms with Crippen molar-refractivity contribution in [1.82, 2.24) is 5.32 Å². The Hall–Kier alpha value is -3.01. The lowest BCUT2D eigenvalue weighted by molar-refractivity contribution is -0.116. The molecule has 2 rings (SSSR count). The van der Waals surface area contributed by atoms with E-state index in [1.165, 1.54) is 0 Å². The van der Waals surface area contributed by atoms with E-state index in [-0.39, 0.29) is 18.1 Å². The van der Waals surface area contributed by atoms with Gasteiger partial charge in [0.2, 0.25) is 5.91 Å². The summed E-state index contributed by atoms with van der Waals surface area (Å²) in [6, 6.07) is 17.2. The second-order valence-corrected chi connectivity index (χ2v) is 4.96. The van der Waals surface area contributed by atoms with Gasteiger partial charge in [-0.25, -0.2) is 0 Å². The van der Waals surface area contributed by atoms with Gasteiger partial charge in [-0.3, -0.25) is 14.4 Å². The minimum atomic E-state index is -0.969.